The summed E-state index contributed by atoms with van der Waals surface area (Å²) in [6, 6.07) is 8.07. The second kappa shape index (κ2) is 6.34. The van der Waals surface area contributed by atoms with Crippen molar-refractivity contribution >= 4 is 11.8 Å². The monoisotopic (exact) mass is 314 g/mol. The molecule has 0 aromatic heterocycles. The number of hydrogen-bond donors (Lipinski definition) is 0. The van der Waals surface area contributed by atoms with E-state index in [0.29, 0.717) is 12.3 Å². The highest BCUT2D eigenvalue weighted by Crippen LogP contribution is 2.38. The first-order chi connectivity index (χ1) is 11.0. The third kappa shape index (κ3) is 3.12. The van der Waals surface area contributed by atoms with Crippen LogP contribution < -0.4 is 0 Å². The molecular formula is C19H26N2O2. The Bertz CT molecular complexity index is 596. The molecule has 0 radical (unpaired) electrons. The van der Waals surface area contributed by atoms with Crippen LogP contribution in [0.3, 0.4) is 0 Å². The van der Waals surface area contributed by atoms with Crippen LogP contribution in [0.5, 0.6) is 0 Å². The van der Waals surface area contributed by atoms with Crippen LogP contribution in [0.25, 0.3) is 0 Å². The number of rotatable bonds is 2. The van der Waals surface area contributed by atoms with Gasteiger partial charge in [0, 0.05) is 26.6 Å². The lowest BCUT2D eigenvalue weighted by atomic mass is 9.90. The van der Waals surface area contributed by atoms with Crippen molar-refractivity contribution in [3.8, 4) is 0 Å². The van der Waals surface area contributed by atoms with Crippen molar-refractivity contribution in [1.29, 1.82) is 0 Å². The number of piperidine rings is 1. The number of aryl methyl sites for hydroxylation is 1. The van der Waals surface area contributed by atoms with Crippen LogP contribution in [0.4, 0.5) is 0 Å². The third-order valence-corrected chi connectivity index (χ3v) is 5.29. The summed E-state index contributed by atoms with van der Waals surface area (Å²) in [6.45, 7) is 5.90. The van der Waals surface area contributed by atoms with Crippen LogP contribution in [0, 0.1) is 18.8 Å². The van der Waals surface area contributed by atoms with E-state index in [9.17, 15) is 9.59 Å². The summed E-state index contributed by atoms with van der Waals surface area (Å²) in [4.78, 5) is 29.0. The normalized spacial score (nSPS) is 28.3. The van der Waals surface area contributed by atoms with E-state index in [1.165, 1.54) is 12.0 Å². The summed E-state index contributed by atoms with van der Waals surface area (Å²) in [5.41, 5.74) is 2.25. The van der Waals surface area contributed by atoms with E-state index in [4.69, 9.17) is 0 Å². The number of hydrogen-bond acceptors (Lipinski definition) is 2. The fourth-order valence-corrected chi connectivity index (χ4v) is 3.93. The smallest absolute Gasteiger partial charge is 0.228 e. The molecule has 2 amide bonds. The van der Waals surface area contributed by atoms with E-state index in [1.807, 2.05) is 31.0 Å². The van der Waals surface area contributed by atoms with Gasteiger partial charge in [-0.05, 0) is 31.2 Å². The number of nitrogens with zero attached hydrogens (tertiary/aromatic N) is 2. The molecular weight excluding hydrogens is 288 g/mol. The highest BCUT2D eigenvalue weighted by atomic mass is 16.2. The zero-order chi connectivity index (χ0) is 16.6. The van der Waals surface area contributed by atoms with Gasteiger partial charge in [0.1, 0.15) is 0 Å². The maximum Gasteiger partial charge on any atom is 0.228 e. The van der Waals surface area contributed by atoms with Crippen LogP contribution in [0.2, 0.25) is 0 Å². The standard InChI is InChI=1S/C19H26N2O2/c1-13-6-8-15(9-7-13)18-16(11-17(22)20(18)3)19(23)21-10-4-5-14(2)12-21/h6-9,14,16,18H,4-5,10-12H2,1-3H3/t14-,16-,18+/m0/s1. The van der Waals surface area contributed by atoms with Crippen LogP contribution in [0.15, 0.2) is 24.3 Å². The lowest BCUT2D eigenvalue weighted by Crippen LogP contribution is -2.43. The Hall–Kier alpha value is -1.84. The van der Waals surface area contributed by atoms with Gasteiger partial charge in [-0.25, -0.2) is 0 Å². The van der Waals surface area contributed by atoms with Gasteiger partial charge in [-0.1, -0.05) is 36.8 Å². The Morgan fingerprint density at radius 2 is 1.91 bits per heavy atom. The van der Waals surface area contributed by atoms with Crippen LogP contribution in [-0.4, -0.2) is 41.8 Å². The van der Waals surface area contributed by atoms with Gasteiger partial charge in [-0.3, -0.25) is 9.59 Å². The molecule has 2 aliphatic heterocycles. The largest absolute Gasteiger partial charge is 0.342 e. The van der Waals surface area contributed by atoms with Gasteiger partial charge in [-0.2, -0.15) is 0 Å². The molecule has 4 heteroatoms. The van der Waals surface area contributed by atoms with Crippen LogP contribution >= 0.6 is 0 Å². The molecule has 3 rings (SSSR count). The second-order valence-corrected chi connectivity index (χ2v) is 7.20. The third-order valence-electron chi connectivity index (χ3n) is 5.29. The zero-order valence-electron chi connectivity index (χ0n) is 14.3. The molecule has 2 fully saturated rings. The number of carbonyl (C=O) groups excluding carboxylic acids is 2. The Labute approximate surface area is 138 Å². The highest BCUT2D eigenvalue weighted by molar-refractivity contribution is 5.90. The number of amides is 2. The molecule has 23 heavy (non-hydrogen) atoms. The molecule has 2 aliphatic rings. The van der Waals surface area contributed by atoms with E-state index >= 15 is 0 Å². The summed E-state index contributed by atoms with van der Waals surface area (Å²) in [5, 5.41) is 0. The Morgan fingerprint density at radius 1 is 1.22 bits per heavy atom. The van der Waals surface area contributed by atoms with Crippen molar-refractivity contribution in [3.05, 3.63) is 35.4 Å². The maximum atomic E-state index is 13.0. The van der Waals surface area contributed by atoms with Crippen molar-refractivity contribution in [2.75, 3.05) is 20.1 Å². The molecule has 2 saturated heterocycles. The fraction of sp³-hybridized carbons (Fsp3) is 0.579. The Morgan fingerprint density at radius 3 is 2.57 bits per heavy atom. The lowest BCUT2D eigenvalue weighted by molar-refractivity contribution is -0.138. The van der Waals surface area contributed by atoms with E-state index in [-0.39, 0.29) is 23.8 Å². The minimum atomic E-state index is -0.250. The zero-order valence-corrected chi connectivity index (χ0v) is 14.3. The average molecular weight is 314 g/mol. The van der Waals surface area contributed by atoms with Crippen molar-refractivity contribution in [2.24, 2.45) is 11.8 Å². The highest BCUT2D eigenvalue weighted by Gasteiger charge is 2.44. The van der Waals surface area contributed by atoms with Gasteiger partial charge in [0.25, 0.3) is 0 Å². The topological polar surface area (TPSA) is 40.6 Å². The Kier molecular flexibility index (Phi) is 4.42. The molecule has 4 nitrogen and oxygen atoms in total. The first-order valence-corrected chi connectivity index (χ1v) is 8.58. The fourth-order valence-electron chi connectivity index (χ4n) is 3.93. The van der Waals surface area contributed by atoms with E-state index in [0.717, 1.165) is 25.1 Å². The molecule has 0 unspecified atom stereocenters. The van der Waals surface area contributed by atoms with E-state index < -0.39 is 0 Å². The minimum absolute atomic E-state index is 0.0685. The molecule has 1 aromatic carbocycles. The second-order valence-electron chi connectivity index (χ2n) is 7.20. The van der Waals surface area contributed by atoms with Crippen LogP contribution in [-0.2, 0) is 9.59 Å². The molecule has 0 N–H and O–H groups in total. The molecule has 0 bridgehead atoms. The van der Waals surface area contributed by atoms with Crippen LogP contribution in [0.1, 0.15) is 43.4 Å². The van der Waals surface area contributed by atoms with Gasteiger partial charge in [0.15, 0.2) is 0 Å². The van der Waals surface area contributed by atoms with Gasteiger partial charge in [0.05, 0.1) is 12.0 Å². The number of benzene rings is 1. The molecule has 0 aliphatic carbocycles. The quantitative estimate of drug-likeness (QED) is 0.842. The van der Waals surface area contributed by atoms with Crippen molar-refractivity contribution in [3.63, 3.8) is 0 Å². The molecule has 0 saturated carbocycles. The molecule has 0 spiro atoms. The van der Waals surface area contributed by atoms with Crippen molar-refractivity contribution in [1.82, 2.24) is 9.80 Å². The minimum Gasteiger partial charge on any atom is -0.342 e. The summed E-state index contributed by atoms with van der Waals surface area (Å²) in [6.07, 6.45) is 2.59. The van der Waals surface area contributed by atoms with Crippen molar-refractivity contribution < 1.29 is 9.59 Å². The summed E-state index contributed by atoms with van der Waals surface area (Å²) < 4.78 is 0. The Balaban J connectivity index is 1.85. The lowest BCUT2D eigenvalue weighted by Gasteiger charge is -2.34. The van der Waals surface area contributed by atoms with Gasteiger partial charge in [-0.15, -0.1) is 0 Å². The summed E-state index contributed by atoms with van der Waals surface area (Å²) in [5.74, 6) is 0.527. The van der Waals surface area contributed by atoms with Gasteiger partial charge in [0.2, 0.25) is 11.8 Å². The van der Waals surface area contributed by atoms with Gasteiger partial charge >= 0.3 is 0 Å². The van der Waals surface area contributed by atoms with E-state index in [1.54, 1.807) is 4.90 Å². The maximum absolute atomic E-state index is 13.0. The number of likely N-dealkylation sites (tertiary alicyclic amines) is 2. The summed E-state index contributed by atoms with van der Waals surface area (Å²) >= 11 is 0. The molecule has 1 aromatic rings. The predicted octanol–water partition coefficient (Wildman–Crippen LogP) is 2.77. The number of carbonyl (C=O) groups is 2. The predicted molar refractivity (Wildman–Crippen MR) is 89.8 cm³/mol. The first-order valence-electron chi connectivity index (χ1n) is 8.58. The van der Waals surface area contributed by atoms with Gasteiger partial charge < -0.3 is 9.80 Å². The SMILES string of the molecule is Cc1ccc([C@@H]2[C@@H](C(=O)N3CCC[C@H](C)C3)CC(=O)N2C)cc1. The summed E-state index contributed by atoms with van der Waals surface area (Å²) in [7, 11) is 1.82. The van der Waals surface area contributed by atoms with E-state index in [2.05, 4.69) is 19.1 Å². The van der Waals surface area contributed by atoms with Crippen molar-refractivity contribution in [2.45, 2.75) is 39.2 Å². The molecule has 3 atom stereocenters. The first kappa shape index (κ1) is 16.0. The molecule has 2 heterocycles. The average Bonchev–Trinajstić information content (AvgIpc) is 2.83. The molecule has 124 valence electrons.